The second-order valence-electron chi connectivity index (χ2n) is 5.21. The zero-order valence-corrected chi connectivity index (χ0v) is 12.3. The number of hydrogen-bond acceptors (Lipinski definition) is 3. The third kappa shape index (κ3) is 10.5. The number of hydrogen-bond donors (Lipinski definition) is 3. The Morgan fingerprint density at radius 1 is 1.11 bits per heavy atom. The first-order valence-electron chi connectivity index (χ1n) is 7.34. The van der Waals surface area contributed by atoms with Crippen LogP contribution in [-0.4, -0.2) is 31.1 Å². The average molecular weight is 257 g/mol. The quantitative estimate of drug-likeness (QED) is 0.494. The molecule has 0 aromatic heterocycles. The van der Waals surface area contributed by atoms with Crippen molar-refractivity contribution in [3.8, 4) is 0 Å². The van der Waals surface area contributed by atoms with E-state index in [0.717, 1.165) is 51.6 Å². The number of carbonyl (C=O) groups is 1. The minimum absolute atomic E-state index is 0.00271. The molecule has 0 aliphatic carbocycles. The van der Waals surface area contributed by atoms with E-state index < -0.39 is 0 Å². The fourth-order valence-electron chi connectivity index (χ4n) is 1.73. The van der Waals surface area contributed by atoms with Gasteiger partial charge in [0.1, 0.15) is 0 Å². The van der Waals surface area contributed by atoms with Crippen LogP contribution in [0.2, 0.25) is 0 Å². The molecule has 0 fully saturated rings. The Hall–Kier alpha value is -0.610. The molecule has 0 saturated heterocycles. The van der Waals surface area contributed by atoms with Gasteiger partial charge in [0.15, 0.2) is 0 Å². The summed E-state index contributed by atoms with van der Waals surface area (Å²) in [4.78, 5) is 11.6. The summed E-state index contributed by atoms with van der Waals surface area (Å²) in [6.45, 7) is 8.17. The molecular formula is C14H31N3O. The van der Waals surface area contributed by atoms with Gasteiger partial charge in [0.05, 0.1) is 6.04 Å². The van der Waals surface area contributed by atoms with Crippen LogP contribution in [-0.2, 0) is 4.79 Å². The molecule has 0 bridgehead atoms. The highest BCUT2D eigenvalue weighted by atomic mass is 16.2. The molecule has 18 heavy (non-hydrogen) atoms. The maximum Gasteiger partial charge on any atom is 0.236 e. The highest BCUT2D eigenvalue weighted by Gasteiger charge is 2.11. The number of amides is 1. The molecule has 0 unspecified atom stereocenters. The molecule has 0 aliphatic rings. The first kappa shape index (κ1) is 17.4. The molecule has 0 radical (unpaired) electrons. The normalized spacial score (nSPS) is 12.7. The fraction of sp³-hybridized carbons (Fsp3) is 0.929. The molecule has 0 heterocycles. The van der Waals surface area contributed by atoms with Crippen LogP contribution in [0.1, 0.15) is 59.3 Å². The maximum atomic E-state index is 11.6. The SMILES string of the molecule is CCCCC[C@H](N)C(=O)NCCCCNC(C)C. The summed E-state index contributed by atoms with van der Waals surface area (Å²) >= 11 is 0. The summed E-state index contributed by atoms with van der Waals surface area (Å²) in [5.74, 6) is 0.00271. The Bertz CT molecular complexity index is 207. The van der Waals surface area contributed by atoms with E-state index in [0.29, 0.717) is 6.04 Å². The van der Waals surface area contributed by atoms with Gasteiger partial charge in [-0.05, 0) is 25.8 Å². The second kappa shape index (κ2) is 11.5. The van der Waals surface area contributed by atoms with E-state index in [1.807, 2.05) is 0 Å². The fourth-order valence-corrected chi connectivity index (χ4v) is 1.73. The summed E-state index contributed by atoms with van der Waals surface area (Å²) in [5, 5.41) is 6.26. The van der Waals surface area contributed by atoms with E-state index in [9.17, 15) is 4.79 Å². The maximum absolute atomic E-state index is 11.6. The second-order valence-corrected chi connectivity index (χ2v) is 5.21. The topological polar surface area (TPSA) is 67.2 Å². The molecule has 1 amide bonds. The Kier molecular flexibility index (Phi) is 11.1. The summed E-state index contributed by atoms with van der Waals surface area (Å²) in [6.07, 6.45) is 6.26. The van der Waals surface area contributed by atoms with Gasteiger partial charge >= 0.3 is 0 Å². The molecule has 0 spiro atoms. The predicted octanol–water partition coefficient (Wildman–Crippen LogP) is 1.79. The zero-order chi connectivity index (χ0) is 13.8. The summed E-state index contributed by atoms with van der Waals surface area (Å²) in [5.41, 5.74) is 5.81. The van der Waals surface area contributed by atoms with Crippen LogP contribution in [0.3, 0.4) is 0 Å². The molecule has 4 N–H and O–H groups in total. The number of nitrogens with two attached hydrogens (primary N) is 1. The van der Waals surface area contributed by atoms with Crippen molar-refractivity contribution in [2.24, 2.45) is 5.73 Å². The Balaban J connectivity index is 3.40. The third-order valence-electron chi connectivity index (χ3n) is 2.91. The third-order valence-corrected chi connectivity index (χ3v) is 2.91. The highest BCUT2D eigenvalue weighted by Crippen LogP contribution is 2.01. The molecule has 4 heteroatoms. The first-order chi connectivity index (χ1) is 8.57. The molecule has 4 nitrogen and oxygen atoms in total. The Morgan fingerprint density at radius 2 is 1.78 bits per heavy atom. The lowest BCUT2D eigenvalue weighted by atomic mass is 10.1. The smallest absolute Gasteiger partial charge is 0.236 e. The van der Waals surface area contributed by atoms with Gasteiger partial charge in [0.25, 0.3) is 0 Å². The van der Waals surface area contributed by atoms with Crippen LogP contribution in [0.4, 0.5) is 0 Å². The van der Waals surface area contributed by atoms with E-state index in [1.165, 1.54) is 0 Å². The van der Waals surface area contributed by atoms with Crippen LogP contribution in [0.25, 0.3) is 0 Å². The standard InChI is InChI=1S/C14H31N3O/c1-4-5-6-9-13(15)14(18)17-11-8-7-10-16-12(2)3/h12-13,16H,4-11,15H2,1-3H3,(H,17,18)/t13-/m0/s1. The molecule has 108 valence electrons. The van der Waals surface area contributed by atoms with Crippen LogP contribution < -0.4 is 16.4 Å². The van der Waals surface area contributed by atoms with Crippen molar-refractivity contribution >= 4 is 5.91 Å². The van der Waals surface area contributed by atoms with Crippen LogP contribution >= 0.6 is 0 Å². The van der Waals surface area contributed by atoms with Crippen molar-refractivity contribution in [3.63, 3.8) is 0 Å². The molecule has 0 aromatic carbocycles. The van der Waals surface area contributed by atoms with Crippen molar-refractivity contribution in [3.05, 3.63) is 0 Å². The van der Waals surface area contributed by atoms with Gasteiger partial charge in [-0.1, -0.05) is 40.0 Å². The minimum atomic E-state index is -0.328. The zero-order valence-electron chi connectivity index (χ0n) is 12.3. The van der Waals surface area contributed by atoms with Gasteiger partial charge in [-0.15, -0.1) is 0 Å². The molecule has 0 aliphatic heterocycles. The van der Waals surface area contributed by atoms with Gasteiger partial charge < -0.3 is 16.4 Å². The molecular weight excluding hydrogens is 226 g/mol. The van der Waals surface area contributed by atoms with Gasteiger partial charge in [-0.3, -0.25) is 4.79 Å². The number of nitrogens with one attached hydrogen (secondary N) is 2. The number of carbonyl (C=O) groups excluding carboxylic acids is 1. The van der Waals surface area contributed by atoms with Crippen molar-refractivity contribution < 1.29 is 4.79 Å². The minimum Gasteiger partial charge on any atom is -0.355 e. The molecule has 0 rings (SSSR count). The van der Waals surface area contributed by atoms with Gasteiger partial charge in [0, 0.05) is 12.6 Å². The summed E-state index contributed by atoms with van der Waals surface area (Å²) in [6, 6.07) is 0.205. The lowest BCUT2D eigenvalue weighted by molar-refractivity contribution is -0.122. The predicted molar refractivity (Wildman–Crippen MR) is 77.5 cm³/mol. The van der Waals surface area contributed by atoms with Crippen molar-refractivity contribution in [1.82, 2.24) is 10.6 Å². The van der Waals surface area contributed by atoms with Gasteiger partial charge in [-0.2, -0.15) is 0 Å². The lowest BCUT2D eigenvalue weighted by Crippen LogP contribution is -2.41. The Morgan fingerprint density at radius 3 is 2.39 bits per heavy atom. The van der Waals surface area contributed by atoms with E-state index in [4.69, 9.17) is 5.73 Å². The lowest BCUT2D eigenvalue weighted by Gasteiger charge is -2.12. The van der Waals surface area contributed by atoms with Gasteiger partial charge in [-0.25, -0.2) is 0 Å². The van der Waals surface area contributed by atoms with Crippen molar-refractivity contribution in [2.45, 2.75) is 71.4 Å². The Labute approximate surface area is 112 Å². The summed E-state index contributed by atoms with van der Waals surface area (Å²) in [7, 11) is 0. The summed E-state index contributed by atoms with van der Waals surface area (Å²) < 4.78 is 0. The van der Waals surface area contributed by atoms with Crippen LogP contribution in [0, 0.1) is 0 Å². The number of rotatable bonds is 11. The number of unbranched alkanes of at least 4 members (excludes halogenated alkanes) is 3. The van der Waals surface area contributed by atoms with E-state index in [1.54, 1.807) is 0 Å². The van der Waals surface area contributed by atoms with Crippen LogP contribution in [0.5, 0.6) is 0 Å². The van der Waals surface area contributed by atoms with E-state index in [2.05, 4.69) is 31.4 Å². The monoisotopic (exact) mass is 257 g/mol. The molecule has 0 aromatic rings. The van der Waals surface area contributed by atoms with Crippen molar-refractivity contribution in [2.75, 3.05) is 13.1 Å². The first-order valence-corrected chi connectivity index (χ1v) is 7.34. The van der Waals surface area contributed by atoms with Crippen LogP contribution in [0.15, 0.2) is 0 Å². The largest absolute Gasteiger partial charge is 0.355 e. The van der Waals surface area contributed by atoms with E-state index >= 15 is 0 Å². The van der Waals surface area contributed by atoms with E-state index in [-0.39, 0.29) is 11.9 Å². The molecule has 1 atom stereocenters. The van der Waals surface area contributed by atoms with Gasteiger partial charge in [0.2, 0.25) is 5.91 Å². The highest BCUT2D eigenvalue weighted by molar-refractivity contribution is 5.81. The molecule has 0 saturated carbocycles. The van der Waals surface area contributed by atoms with Crippen molar-refractivity contribution in [1.29, 1.82) is 0 Å². The average Bonchev–Trinajstić information content (AvgIpc) is 2.33.